The minimum Gasteiger partial charge on any atom is -0.505 e. The van der Waals surface area contributed by atoms with Crippen LogP contribution in [0.3, 0.4) is 0 Å². The molecule has 2 aromatic rings. The highest BCUT2D eigenvalue weighted by Crippen LogP contribution is 2.28. The number of rotatable bonds is 7. The number of methoxy groups -OCH3 is 1. The molecule has 7 nitrogen and oxygen atoms in total. The monoisotopic (exact) mass is 375 g/mol. The maximum atomic E-state index is 13.7. The van der Waals surface area contributed by atoms with Gasteiger partial charge in [-0.1, -0.05) is 24.3 Å². The van der Waals surface area contributed by atoms with E-state index in [1.807, 2.05) is 0 Å². The first-order valence-corrected chi connectivity index (χ1v) is 7.85. The van der Waals surface area contributed by atoms with Gasteiger partial charge in [-0.2, -0.15) is 0 Å². The number of hydrogen-bond donors (Lipinski definition) is 3. The lowest BCUT2D eigenvalue weighted by atomic mass is 10.0. The van der Waals surface area contributed by atoms with Crippen LogP contribution in [-0.2, 0) is 14.3 Å². The Balaban J connectivity index is 2.28. The molecule has 0 saturated carbocycles. The van der Waals surface area contributed by atoms with Crippen molar-refractivity contribution in [2.75, 3.05) is 12.4 Å². The summed E-state index contributed by atoms with van der Waals surface area (Å²) in [6.45, 7) is 0. The number of nitrogens with one attached hydrogen (secondary N) is 1. The Morgan fingerprint density at radius 3 is 2.48 bits per heavy atom. The van der Waals surface area contributed by atoms with Crippen LogP contribution in [0.1, 0.15) is 11.7 Å². The summed E-state index contributed by atoms with van der Waals surface area (Å²) < 4.78 is 24.3. The number of ether oxygens (including phenoxy) is 2. The highest BCUT2D eigenvalue weighted by atomic mass is 19.1. The van der Waals surface area contributed by atoms with Gasteiger partial charge in [0.2, 0.25) is 0 Å². The molecule has 0 unspecified atom stereocenters. The summed E-state index contributed by atoms with van der Waals surface area (Å²) in [7, 11) is 1.29. The van der Waals surface area contributed by atoms with Gasteiger partial charge in [-0.15, -0.1) is 0 Å². The molecule has 0 saturated heterocycles. The molecule has 0 aliphatic heterocycles. The average molecular weight is 375 g/mol. The summed E-state index contributed by atoms with van der Waals surface area (Å²) in [5.41, 5.74) is 0.656. The number of carbonyl (C=O) groups is 2. The zero-order valence-electron chi connectivity index (χ0n) is 14.3. The van der Waals surface area contributed by atoms with Crippen LogP contribution in [0.5, 0.6) is 5.75 Å². The van der Waals surface area contributed by atoms with E-state index < -0.39 is 35.8 Å². The Kier molecular flexibility index (Phi) is 6.90. The number of hydrogen-bond acceptors (Lipinski definition) is 5. The molecule has 0 aromatic heterocycles. The maximum absolute atomic E-state index is 13.7. The lowest BCUT2D eigenvalue weighted by molar-refractivity contribution is -0.131. The number of carboxylic acids is 1. The lowest BCUT2D eigenvalue weighted by Gasteiger charge is -2.24. The van der Waals surface area contributed by atoms with Crippen LogP contribution in [0.4, 0.5) is 14.9 Å². The Labute approximate surface area is 154 Å². The molecule has 8 heteroatoms. The number of phenols is 1. The summed E-state index contributed by atoms with van der Waals surface area (Å²) in [6, 6.07) is 11.9. The number of anilines is 1. The number of para-hydroxylation sites is 1. The number of carboxylic acid groups (broad SMARTS) is 1. The molecule has 2 aromatic carbocycles. The van der Waals surface area contributed by atoms with E-state index in [2.05, 4.69) is 5.32 Å². The van der Waals surface area contributed by atoms with Gasteiger partial charge in [-0.25, -0.2) is 14.0 Å². The van der Waals surface area contributed by atoms with E-state index in [1.165, 1.54) is 19.3 Å². The molecule has 0 heterocycles. The van der Waals surface area contributed by atoms with Crippen molar-refractivity contribution in [3.63, 3.8) is 0 Å². The predicted octanol–water partition coefficient (Wildman–Crippen LogP) is 3.48. The number of carbonyl (C=O) groups excluding carboxylic acids is 1. The first-order chi connectivity index (χ1) is 12.9. The fraction of sp³-hybridized carbons (Fsp3) is 0.158. The summed E-state index contributed by atoms with van der Waals surface area (Å²) in [4.78, 5) is 23.0. The van der Waals surface area contributed by atoms with Gasteiger partial charge in [-0.05, 0) is 35.9 Å². The van der Waals surface area contributed by atoms with E-state index >= 15 is 0 Å². The normalized spacial score (nSPS) is 13.1. The van der Waals surface area contributed by atoms with Crippen LogP contribution in [0, 0.1) is 5.82 Å². The minimum atomic E-state index is -1.22. The van der Waals surface area contributed by atoms with Crippen molar-refractivity contribution < 1.29 is 33.7 Å². The number of aliphatic carboxylic acids is 1. The largest absolute Gasteiger partial charge is 0.505 e. The van der Waals surface area contributed by atoms with Gasteiger partial charge >= 0.3 is 12.1 Å². The van der Waals surface area contributed by atoms with E-state index in [0.29, 0.717) is 5.69 Å². The number of amides is 1. The molecule has 0 aliphatic rings. The first kappa shape index (κ1) is 19.9. The second kappa shape index (κ2) is 9.35. The number of aromatic hydroxyl groups is 1. The molecule has 142 valence electrons. The topological polar surface area (TPSA) is 105 Å². The second-order valence-corrected chi connectivity index (χ2v) is 5.43. The maximum Gasteiger partial charge on any atom is 0.412 e. The molecule has 3 N–H and O–H groups in total. The van der Waals surface area contributed by atoms with Crippen molar-refractivity contribution in [2.24, 2.45) is 0 Å². The van der Waals surface area contributed by atoms with Crippen molar-refractivity contribution in [1.82, 2.24) is 0 Å². The second-order valence-electron chi connectivity index (χ2n) is 5.43. The van der Waals surface area contributed by atoms with Crippen LogP contribution in [-0.4, -0.2) is 35.5 Å². The molecule has 0 radical (unpaired) electrons. The highest BCUT2D eigenvalue weighted by molar-refractivity contribution is 5.84. The van der Waals surface area contributed by atoms with Crippen molar-refractivity contribution in [3.8, 4) is 5.75 Å². The number of benzene rings is 2. The summed E-state index contributed by atoms with van der Waals surface area (Å²) in [6.07, 6.45) is -1.01. The molecule has 0 bridgehead atoms. The molecule has 2 rings (SSSR count). The third kappa shape index (κ3) is 5.82. The first-order valence-electron chi connectivity index (χ1n) is 7.85. The van der Waals surface area contributed by atoms with Gasteiger partial charge in [0.25, 0.3) is 0 Å². The molecule has 1 amide bonds. The SMILES string of the molecule is CO[C@@H](/C=C/C(=O)O)[C@@H](OC(=O)Nc1ccccc1)c1ccc(O)c(F)c1. The van der Waals surface area contributed by atoms with Crippen LogP contribution in [0.2, 0.25) is 0 Å². The fourth-order valence-electron chi connectivity index (χ4n) is 2.29. The Bertz CT molecular complexity index is 824. The molecule has 27 heavy (non-hydrogen) atoms. The van der Waals surface area contributed by atoms with Gasteiger partial charge in [0, 0.05) is 18.9 Å². The van der Waals surface area contributed by atoms with Crippen molar-refractivity contribution in [3.05, 3.63) is 72.1 Å². The molecule has 0 spiro atoms. The van der Waals surface area contributed by atoms with Crippen LogP contribution < -0.4 is 5.32 Å². The summed E-state index contributed by atoms with van der Waals surface area (Å²) in [5, 5.41) is 20.7. The smallest absolute Gasteiger partial charge is 0.412 e. The Morgan fingerprint density at radius 2 is 1.89 bits per heavy atom. The average Bonchev–Trinajstić information content (AvgIpc) is 2.64. The third-order valence-electron chi connectivity index (χ3n) is 3.55. The van der Waals surface area contributed by atoms with Crippen molar-refractivity contribution >= 4 is 17.7 Å². The predicted molar refractivity (Wildman–Crippen MR) is 94.9 cm³/mol. The molecule has 0 aliphatic carbocycles. The summed E-state index contributed by atoms with van der Waals surface area (Å²) >= 11 is 0. The van der Waals surface area contributed by atoms with Crippen molar-refractivity contribution in [2.45, 2.75) is 12.2 Å². The standard InChI is InChI=1S/C19H18FNO6/c1-26-16(9-10-17(23)24)18(12-7-8-15(22)14(20)11-12)27-19(25)21-13-5-3-2-4-6-13/h2-11,16,18,22H,1H3,(H,21,25)(H,23,24)/b10-9+/t16-,18-/m0/s1. The molecular formula is C19H18FNO6. The quantitative estimate of drug-likeness (QED) is 0.640. The van der Waals surface area contributed by atoms with Gasteiger partial charge < -0.3 is 19.7 Å². The van der Waals surface area contributed by atoms with E-state index in [-0.39, 0.29) is 5.56 Å². The van der Waals surface area contributed by atoms with Crippen LogP contribution in [0.25, 0.3) is 0 Å². The van der Waals surface area contributed by atoms with E-state index in [9.17, 15) is 19.1 Å². The zero-order chi connectivity index (χ0) is 19.8. The van der Waals surface area contributed by atoms with Crippen molar-refractivity contribution in [1.29, 1.82) is 0 Å². The lowest BCUT2D eigenvalue weighted by Crippen LogP contribution is -2.27. The van der Waals surface area contributed by atoms with Gasteiger partial charge in [-0.3, -0.25) is 5.32 Å². The Morgan fingerprint density at radius 1 is 1.19 bits per heavy atom. The zero-order valence-corrected chi connectivity index (χ0v) is 14.3. The third-order valence-corrected chi connectivity index (χ3v) is 3.55. The summed E-state index contributed by atoms with van der Waals surface area (Å²) in [5.74, 6) is -2.70. The Hall–Kier alpha value is -3.39. The fourth-order valence-corrected chi connectivity index (χ4v) is 2.29. The highest BCUT2D eigenvalue weighted by Gasteiger charge is 2.26. The molecular weight excluding hydrogens is 357 g/mol. The minimum absolute atomic E-state index is 0.176. The van der Waals surface area contributed by atoms with Gasteiger partial charge in [0.15, 0.2) is 17.7 Å². The van der Waals surface area contributed by atoms with E-state index in [4.69, 9.17) is 14.6 Å². The number of halogens is 1. The van der Waals surface area contributed by atoms with Gasteiger partial charge in [0.05, 0.1) is 0 Å². The number of phenolic OH excluding ortho intramolecular Hbond substituents is 1. The van der Waals surface area contributed by atoms with Crippen LogP contribution in [0.15, 0.2) is 60.7 Å². The molecule has 0 fully saturated rings. The van der Waals surface area contributed by atoms with Gasteiger partial charge in [0.1, 0.15) is 6.10 Å². The van der Waals surface area contributed by atoms with E-state index in [0.717, 1.165) is 18.2 Å². The molecule has 2 atom stereocenters. The van der Waals surface area contributed by atoms with E-state index in [1.54, 1.807) is 30.3 Å². The van der Waals surface area contributed by atoms with Crippen LogP contribution >= 0.6 is 0 Å².